The predicted octanol–water partition coefficient (Wildman–Crippen LogP) is 5.65. The summed E-state index contributed by atoms with van der Waals surface area (Å²) in [6, 6.07) is 7.14. The van der Waals surface area contributed by atoms with Crippen molar-refractivity contribution < 1.29 is 31.9 Å². The van der Waals surface area contributed by atoms with E-state index in [1.54, 1.807) is 32.9 Å². The van der Waals surface area contributed by atoms with Gasteiger partial charge in [-0.25, -0.2) is 9.59 Å². The summed E-state index contributed by atoms with van der Waals surface area (Å²) in [6.45, 7) is 5.57. The number of halogens is 3. The number of aromatic amines is 1. The lowest BCUT2D eigenvalue weighted by Gasteiger charge is -2.23. The molecular weight excluding hydrogens is 439 g/mol. The lowest BCUT2D eigenvalue weighted by Crippen LogP contribution is -2.34. The fraction of sp³-hybridized carbons (Fsp3) is 0.304. The van der Waals surface area contributed by atoms with Gasteiger partial charge in [-0.05, 0) is 62.2 Å². The molecule has 0 saturated carbocycles. The third-order valence-electron chi connectivity index (χ3n) is 5.08. The second-order valence-electron chi connectivity index (χ2n) is 7.39. The quantitative estimate of drug-likeness (QED) is 0.443. The topological polar surface area (TPSA) is 87.6 Å². The van der Waals surface area contributed by atoms with E-state index in [1.807, 2.05) is 0 Å². The van der Waals surface area contributed by atoms with Crippen molar-refractivity contribution >= 4 is 17.7 Å². The fourth-order valence-electron chi connectivity index (χ4n) is 3.39. The summed E-state index contributed by atoms with van der Waals surface area (Å²) in [4.78, 5) is 29.6. The number of hydrogen-bond donors (Lipinski definition) is 2. The van der Waals surface area contributed by atoms with Gasteiger partial charge < -0.3 is 24.4 Å². The number of alkyl halides is 3. The molecule has 0 fully saturated rings. The normalized spacial score (nSPS) is 11.3. The van der Waals surface area contributed by atoms with Crippen molar-refractivity contribution in [3.8, 4) is 0 Å². The Hall–Kier alpha value is -3.69. The van der Waals surface area contributed by atoms with Crippen LogP contribution in [0.25, 0.3) is 0 Å². The van der Waals surface area contributed by atoms with E-state index >= 15 is 0 Å². The third kappa shape index (κ3) is 5.76. The highest BCUT2D eigenvalue weighted by Crippen LogP contribution is 2.31. The summed E-state index contributed by atoms with van der Waals surface area (Å²) in [7, 11) is 0. The molecule has 2 aromatic heterocycles. The first kappa shape index (κ1) is 24.0. The van der Waals surface area contributed by atoms with Crippen LogP contribution in [0.5, 0.6) is 0 Å². The minimum Gasteiger partial charge on any atom is -0.467 e. The number of esters is 1. The van der Waals surface area contributed by atoms with E-state index in [-0.39, 0.29) is 25.4 Å². The third-order valence-corrected chi connectivity index (χ3v) is 5.08. The van der Waals surface area contributed by atoms with Crippen molar-refractivity contribution in [2.24, 2.45) is 0 Å². The first-order valence-corrected chi connectivity index (χ1v) is 10.2. The largest absolute Gasteiger partial charge is 0.467 e. The van der Waals surface area contributed by atoms with Crippen molar-refractivity contribution in [1.82, 2.24) is 9.88 Å². The smallest absolute Gasteiger partial charge is 0.416 e. The minimum absolute atomic E-state index is 0.00833. The summed E-state index contributed by atoms with van der Waals surface area (Å²) in [5.41, 5.74) is 1.43. The minimum atomic E-state index is -4.53. The molecule has 1 aromatic carbocycles. The van der Waals surface area contributed by atoms with Gasteiger partial charge in [-0.2, -0.15) is 13.2 Å². The van der Waals surface area contributed by atoms with Gasteiger partial charge >= 0.3 is 18.2 Å². The van der Waals surface area contributed by atoms with Crippen molar-refractivity contribution in [2.75, 3.05) is 11.9 Å². The lowest BCUT2D eigenvalue weighted by atomic mass is 10.1. The average molecular weight is 463 g/mol. The zero-order valence-electron chi connectivity index (χ0n) is 18.4. The van der Waals surface area contributed by atoms with Gasteiger partial charge in [-0.3, -0.25) is 0 Å². The molecule has 0 radical (unpaired) electrons. The second-order valence-corrected chi connectivity index (χ2v) is 7.39. The first-order chi connectivity index (χ1) is 15.6. The highest BCUT2D eigenvalue weighted by molar-refractivity contribution is 5.91. The molecule has 33 heavy (non-hydrogen) atoms. The second kappa shape index (κ2) is 9.85. The van der Waals surface area contributed by atoms with E-state index in [1.165, 1.54) is 23.3 Å². The van der Waals surface area contributed by atoms with E-state index < -0.39 is 23.7 Å². The van der Waals surface area contributed by atoms with Crippen molar-refractivity contribution in [3.05, 3.63) is 76.5 Å². The van der Waals surface area contributed by atoms with Gasteiger partial charge in [-0.15, -0.1) is 0 Å². The molecule has 0 aliphatic carbocycles. The number of ether oxygens (including phenoxy) is 1. The Bertz CT molecular complexity index is 1120. The van der Waals surface area contributed by atoms with Crippen LogP contribution in [0.1, 0.15) is 45.6 Å². The standard InChI is InChI=1S/C23H24F3N3O4/c1-4-32-21(30)20-14(2)19(15(3)27-20)13-29(12-18-9-6-10-33-18)22(31)28-17-8-5-7-16(11-17)23(24,25)26/h5-11,27H,4,12-13H2,1-3H3,(H,28,31). The van der Waals surface area contributed by atoms with Gasteiger partial charge in [0, 0.05) is 17.9 Å². The Labute approximate surface area is 188 Å². The van der Waals surface area contributed by atoms with Gasteiger partial charge in [0.15, 0.2) is 0 Å². The number of carbonyl (C=O) groups excluding carboxylic acids is 2. The number of anilines is 1. The van der Waals surface area contributed by atoms with Gasteiger partial charge in [0.1, 0.15) is 11.5 Å². The SMILES string of the molecule is CCOC(=O)c1[nH]c(C)c(CN(Cc2ccco2)C(=O)Nc2cccc(C(F)(F)F)c2)c1C. The van der Waals surface area contributed by atoms with Crippen LogP contribution in [0.3, 0.4) is 0 Å². The van der Waals surface area contributed by atoms with E-state index in [0.717, 1.165) is 12.1 Å². The number of H-pyrrole nitrogens is 1. The molecule has 0 aliphatic heterocycles. The number of aromatic nitrogens is 1. The molecule has 2 N–H and O–H groups in total. The number of aryl methyl sites for hydroxylation is 1. The fourth-order valence-corrected chi connectivity index (χ4v) is 3.39. The lowest BCUT2D eigenvalue weighted by molar-refractivity contribution is -0.137. The van der Waals surface area contributed by atoms with Crippen molar-refractivity contribution in [3.63, 3.8) is 0 Å². The van der Waals surface area contributed by atoms with E-state index in [4.69, 9.17) is 9.15 Å². The van der Waals surface area contributed by atoms with Gasteiger partial charge in [-0.1, -0.05) is 6.07 Å². The number of furan rings is 1. The maximum absolute atomic E-state index is 13.1. The monoisotopic (exact) mass is 463 g/mol. The van der Waals surface area contributed by atoms with Gasteiger partial charge in [0.25, 0.3) is 0 Å². The molecule has 0 aliphatic rings. The molecule has 3 aromatic rings. The molecule has 0 unspecified atom stereocenters. The van der Waals surface area contributed by atoms with Crippen LogP contribution in [0.2, 0.25) is 0 Å². The number of benzene rings is 1. The van der Waals surface area contributed by atoms with Crippen molar-refractivity contribution in [1.29, 1.82) is 0 Å². The summed E-state index contributed by atoms with van der Waals surface area (Å²) in [6.07, 6.45) is -3.07. The molecule has 2 amide bonds. The zero-order chi connectivity index (χ0) is 24.2. The summed E-state index contributed by atoms with van der Waals surface area (Å²) in [5, 5.41) is 2.52. The average Bonchev–Trinajstić information content (AvgIpc) is 3.36. The highest BCUT2D eigenvalue weighted by atomic mass is 19.4. The van der Waals surface area contributed by atoms with Crippen LogP contribution in [-0.4, -0.2) is 28.5 Å². The van der Waals surface area contributed by atoms with Crippen LogP contribution in [0, 0.1) is 13.8 Å². The number of amides is 2. The molecule has 0 saturated heterocycles. The van der Waals surface area contributed by atoms with E-state index in [0.29, 0.717) is 28.3 Å². The Morgan fingerprint density at radius 3 is 2.55 bits per heavy atom. The van der Waals surface area contributed by atoms with Crippen LogP contribution in [-0.2, 0) is 24.0 Å². The number of carbonyl (C=O) groups is 2. The Kier molecular flexibility index (Phi) is 7.15. The van der Waals surface area contributed by atoms with E-state index in [9.17, 15) is 22.8 Å². The number of hydrogen-bond acceptors (Lipinski definition) is 4. The van der Waals surface area contributed by atoms with Crippen LogP contribution < -0.4 is 5.32 Å². The molecule has 176 valence electrons. The number of urea groups is 1. The van der Waals surface area contributed by atoms with Crippen LogP contribution in [0.15, 0.2) is 47.1 Å². The Balaban J connectivity index is 1.87. The molecule has 0 atom stereocenters. The molecule has 7 nitrogen and oxygen atoms in total. The van der Waals surface area contributed by atoms with Crippen molar-refractivity contribution in [2.45, 2.75) is 40.0 Å². The molecular formula is C23H24F3N3O4. The van der Waals surface area contributed by atoms with Gasteiger partial charge in [0.2, 0.25) is 0 Å². The number of nitrogens with zero attached hydrogens (tertiary/aromatic N) is 1. The molecule has 3 rings (SSSR count). The Morgan fingerprint density at radius 2 is 1.91 bits per heavy atom. The number of rotatable bonds is 7. The molecule has 2 heterocycles. The maximum Gasteiger partial charge on any atom is 0.416 e. The summed E-state index contributed by atoms with van der Waals surface area (Å²) < 4.78 is 49.5. The molecule has 0 spiro atoms. The summed E-state index contributed by atoms with van der Waals surface area (Å²) >= 11 is 0. The Morgan fingerprint density at radius 1 is 1.15 bits per heavy atom. The zero-order valence-corrected chi connectivity index (χ0v) is 18.4. The summed E-state index contributed by atoms with van der Waals surface area (Å²) in [5.74, 6) is -0.0130. The molecule has 0 bridgehead atoms. The highest BCUT2D eigenvalue weighted by Gasteiger charge is 2.31. The predicted molar refractivity (Wildman–Crippen MR) is 115 cm³/mol. The molecule has 10 heteroatoms. The van der Waals surface area contributed by atoms with Crippen LogP contribution >= 0.6 is 0 Å². The van der Waals surface area contributed by atoms with Crippen LogP contribution in [0.4, 0.5) is 23.7 Å². The van der Waals surface area contributed by atoms with Gasteiger partial charge in [0.05, 0.1) is 25.0 Å². The maximum atomic E-state index is 13.1. The first-order valence-electron chi connectivity index (χ1n) is 10.2. The number of nitrogens with one attached hydrogen (secondary N) is 2. The van der Waals surface area contributed by atoms with E-state index in [2.05, 4.69) is 10.3 Å².